The molecule has 0 rings (SSSR count). The van der Waals surface area contributed by atoms with Crippen molar-refractivity contribution in [3.8, 4) is 5.40 Å². The topological polar surface area (TPSA) is 23.8 Å². The van der Waals surface area contributed by atoms with E-state index in [0.29, 0.717) is 0 Å². The van der Waals surface area contributed by atoms with Gasteiger partial charge in [-0.25, -0.2) is 0 Å². The monoisotopic (exact) mass is 173 g/mol. The van der Waals surface area contributed by atoms with Crippen molar-refractivity contribution in [1.29, 1.82) is 5.26 Å². The Hall–Kier alpha value is -0.160. The Morgan fingerprint density at radius 3 is 1.45 bits per heavy atom. The van der Waals surface area contributed by atoms with Crippen LogP contribution in [0, 0.1) is 10.7 Å². The minimum absolute atomic E-state index is 1.36. The van der Waals surface area contributed by atoms with Gasteiger partial charge in [-0.3, -0.25) is 0 Å². The first-order valence-corrected chi connectivity index (χ1v) is 4.81. The third kappa shape index (κ3) is 25.8. The van der Waals surface area contributed by atoms with Gasteiger partial charge in [0, 0.05) is 0 Å². The van der Waals surface area contributed by atoms with Crippen molar-refractivity contribution in [3.63, 3.8) is 0 Å². The Morgan fingerprint density at radius 2 is 1.27 bits per heavy atom. The molecular weight excluding hydrogens is 154 g/mol. The van der Waals surface area contributed by atoms with Gasteiger partial charge in [-0.15, -0.1) is 0 Å². The van der Waals surface area contributed by atoms with Crippen LogP contribution in [-0.2, 0) is 0 Å². The van der Waals surface area contributed by atoms with E-state index in [1.807, 2.05) is 0 Å². The molecule has 0 spiro atoms. The molecule has 0 aromatic carbocycles. The van der Waals surface area contributed by atoms with Crippen molar-refractivity contribution in [1.82, 2.24) is 0 Å². The third-order valence-electron chi connectivity index (χ3n) is 1.46. The van der Waals surface area contributed by atoms with E-state index in [1.54, 1.807) is 0 Å². The van der Waals surface area contributed by atoms with Gasteiger partial charge in [-0.05, 0) is 0 Å². The highest BCUT2D eigenvalue weighted by Crippen LogP contribution is 2.03. The summed E-state index contributed by atoms with van der Waals surface area (Å²) in [6.45, 7) is 4.51. The number of unbranched alkanes of at least 4 members (excludes halogenated alkanes) is 5. The number of rotatable bonds is 5. The van der Waals surface area contributed by atoms with Crippen LogP contribution in [0.2, 0.25) is 0 Å². The van der Waals surface area contributed by atoms with Crippen molar-refractivity contribution in [2.45, 2.75) is 52.4 Å². The second-order valence-corrected chi connectivity index (χ2v) is 2.71. The Balaban J connectivity index is 0. The molecule has 1 nitrogen and oxygen atoms in total. The summed E-state index contributed by atoms with van der Waals surface area (Å²) >= 11 is 3.09. The molecule has 0 aromatic heterocycles. The lowest BCUT2D eigenvalue weighted by atomic mass is 10.1. The average Bonchev–Trinajstić information content (AvgIpc) is 2.00. The maximum atomic E-state index is 7.18. The summed E-state index contributed by atoms with van der Waals surface area (Å²) in [5.41, 5.74) is 0. The zero-order chi connectivity index (χ0) is 8.95. The Labute approximate surface area is 76.2 Å². The summed E-state index contributed by atoms with van der Waals surface area (Å²) in [5.74, 6) is 0. The zero-order valence-electron chi connectivity index (χ0n) is 7.64. The lowest BCUT2D eigenvalue weighted by Crippen LogP contribution is -1.73. The maximum absolute atomic E-state index is 7.18. The van der Waals surface area contributed by atoms with Crippen LogP contribution < -0.4 is 0 Å². The molecule has 0 aliphatic rings. The van der Waals surface area contributed by atoms with Crippen LogP contribution in [-0.4, -0.2) is 0 Å². The average molecular weight is 173 g/mol. The molecule has 0 N–H and O–H groups in total. The second kappa shape index (κ2) is 16.4. The second-order valence-electron chi connectivity index (χ2n) is 2.51. The summed E-state index contributed by atoms with van der Waals surface area (Å²) < 4.78 is 0. The SMILES string of the molecule is CCCCCCCC.N#CS. The van der Waals surface area contributed by atoms with E-state index in [2.05, 4.69) is 26.5 Å². The number of hydrogen-bond acceptors (Lipinski definition) is 2. The molecule has 0 radical (unpaired) electrons. The highest BCUT2D eigenvalue weighted by Gasteiger charge is 1.83. The predicted octanol–water partition coefficient (Wildman–Crippen LogP) is 3.76. The fourth-order valence-corrected chi connectivity index (χ4v) is 0.854. The van der Waals surface area contributed by atoms with Gasteiger partial charge in [-0.2, -0.15) is 5.26 Å². The maximum Gasteiger partial charge on any atom is 0.130 e. The van der Waals surface area contributed by atoms with E-state index >= 15 is 0 Å². The van der Waals surface area contributed by atoms with Crippen molar-refractivity contribution in [3.05, 3.63) is 0 Å². The molecule has 66 valence electrons. The first-order valence-electron chi connectivity index (χ1n) is 4.36. The summed E-state index contributed by atoms with van der Waals surface area (Å²) in [7, 11) is 0. The van der Waals surface area contributed by atoms with E-state index < -0.39 is 0 Å². The predicted molar refractivity (Wildman–Crippen MR) is 53.6 cm³/mol. The normalized spacial score (nSPS) is 7.82. The lowest BCUT2D eigenvalue weighted by molar-refractivity contribution is 0.624. The largest absolute Gasteiger partial charge is 0.185 e. The molecule has 0 amide bonds. The first-order chi connectivity index (χ1) is 5.33. The Kier molecular flexibility index (Phi) is 20.1. The summed E-state index contributed by atoms with van der Waals surface area (Å²) in [6, 6.07) is 0. The molecule has 0 saturated carbocycles. The molecule has 0 fully saturated rings. The smallest absolute Gasteiger partial charge is 0.130 e. The van der Waals surface area contributed by atoms with Crippen molar-refractivity contribution in [2.75, 3.05) is 0 Å². The van der Waals surface area contributed by atoms with E-state index in [4.69, 9.17) is 5.26 Å². The standard InChI is InChI=1S/C8H18.CHNS/c1-3-5-7-8-6-4-2;2-1-3/h3-8H2,1-2H3;3H. The summed E-state index contributed by atoms with van der Waals surface area (Å²) in [6.07, 6.45) is 8.49. The molecule has 0 saturated heterocycles. The Morgan fingerprint density at radius 1 is 1.00 bits per heavy atom. The van der Waals surface area contributed by atoms with Crippen LogP contribution in [0.3, 0.4) is 0 Å². The third-order valence-corrected chi connectivity index (χ3v) is 1.46. The highest BCUT2D eigenvalue weighted by molar-refractivity contribution is 7.85. The van der Waals surface area contributed by atoms with Crippen molar-refractivity contribution >= 4 is 12.6 Å². The fourth-order valence-electron chi connectivity index (χ4n) is 0.854. The molecule has 11 heavy (non-hydrogen) atoms. The van der Waals surface area contributed by atoms with E-state index in [-0.39, 0.29) is 0 Å². The van der Waals surface area contributed by atoms with Crippen LogP contribution in [0.1, 0.15) is 52.4 Å². The van der Waals surface area contributed by atoms with E-state index in [0.717, 1.165) is 0 Å². The summed E-state index contributed by atoms with van der Waals surface area (Å²) in [5, 5.41) is 8.63. The first kappa shape index (κ1) is 13.4. The van der Waals surface area contributed by atoms with Gasteiger partial charge in [-0.1, -0.05) is 65.0 Å². The molecule has 0 aliphatic carbocycles. The van der Waals surface area contributed by atoms with Gasteiger partial charge < -0.3 is 0 Å². The zero-order valence-corrected chi connectivity index (χ0v) is 8.53. The minimum atomic E-state index is 1.36. The van der Waals surface area contributed by atoms with Gasteiger partial charge in [0.05, 0.1) is 0 Å². The number of nitrogens with zero attached hydrogens (tertiary/aromatic N) is 1. The molecule has 0 aromatic rings. The molecule has 0 bridgehead atoms. The minimum Gasteiger partial charge on any atom is -0.185 e. The Bertz CT molecular complexity index is 80.1. The molecule has 0 unspecified atom stereocenters. The number of thiocyanates is 1. The van der Waals surface area contributed by atoms with Crippen LogP contribution in [0.4, 0.5) is 0 Å². The van der Waals surface area contributed by atoms with Gasteiger partial charge in [0.15, 0.2) is 0 Å². The molecule has 0 atom stereocenters. The van der Waals surface area contributed by atoms with Crippen LogP contribution in [0.25, 0.3) is 0 Å². The van der Waals surface area contributed by atoms with E-state index in [9.17, 15) is 0 Å². The highest BCUT2D eigenvalue weighted by atomic mass is 32.1. The lowest BCUT2D eigenvalue weighted by Gasteiger charge is -1.93. The molecule has 0 aliphatic heterocycles. The summed E-state index contributed by atoms with van der Waals surface area (Å²) in [4.78, 5) is 0. The number of thiol groups is 1. The molecule has 0 heterocycles. The van der Waals surface area contributed by atoms with Crippen molar-refractivity contribution < 1.29 is 0 Å². The molecule has 2 heteroatoms. The van der Waals surface area contributed by atoms with Crippen LogP contribution in [0.15, 0.2) is 0 Å². The van der Waals surface area contributed by atoms with E-state index in [1.165, 1.54) is 43.9 Å². The number of nitriles is 1. The van der Waals surface area contributed by atoms with Gasteiger partial charge in [0.1, 0.15) is 5.40 Å². The fraction of sp³-hybridized carbons (Fsp3) is 0.889. The molecular formula is C9H19NS. The van der Waals surface area contributed by atoms with Gasteiger partial charge >= 0.3 is 0 Å². The van der Waals surface area contributed by atoms with Gasteiger partial charge in [0.25, 0.3) is 0 Å². The number of hydrogen-bond donors (Lipinski definition) is 1. The van der Waals surface area contributed by atoms with Crippen LogP contribution in [0.5, 0.6) is 0 Å². The van der Waals surface area contributed by atoms with Gasteiger partial charge in [0.2, 0.25) is 0 Å². The van der Waals surface area contributed by atoms with Crippen molar-refractivity contribution in [2.24, 2.45) is 0 Å². The quantitative estimate of drug-likeness (QED) is 0.382. The van der Waals surface area contributed by atoms with Crippen LogP contribution >= 0.6 is 12.6 Å².